The van der Waals surface area contributed by atoms with Crippen molar-refractivity contribution in [2.45, 2.75) is 25.7 Å². The van der Waals surface area contributed by atoms with Crippen LogP contribution in [-0.4, -0.2) is 10.9 Å². The molecular formula is C21H20N2OS. The van der Waals surface area contributed by atoms with E-state index in [-0.39, 0.29) is 11.8 Å². The second kappa shape index (κ2) is 7.19. The van der Waals surface area contributed by atoms with Crippen LogP contribution in [0.15, 0.2) is 60.0 Å². The van der Waals surface area contributed by atoms with Gasteiger partial charge in [0, 0.05) is 28.1 Å². The van der Waals surface area contributed by atoms with Crippen molar-refractivity contribution in [1.82, 2.24) is 4.98 Å². The SMILES string of the molecule is O=C(Nc1cccc(-c2csc(-c3ccccc3)n2)c1)C1CCCC1. The third-order valence-corrected chi connectivity index (χ3v) is 5.57. The zero-order valence-corrected chi connectivity index (χ0v) is 14.8. The topological polar surface area (TPSA) is 42.0 Å². The molecule has 1 aromatic heterocycles. The predicted octanol–water partition coefficient (Wildman–Crippen LogP) is 5.61. The van der Waals surface area contributed by atoms with Crippen molar-refractivity contribution in [2.24, 2.45) is 5.92 Å². The number of carbonyl (C=O) groups excluding carboxylic acids is 1. The highest BCUT2D eigenvalue weighted by molar-refractivity contribution is 7.13. The van der Waals surface area contributed by atoms with E-state index >= 15 is 0 Å². The summed E-state index contributed by atoms with van der Waals surface area (Å²) in [5.41, 5.74) is 3.96. The minimum Gasteiger partial charge on any atom is -0.326 e. The van der Waals surface area contributed by atoms with Crippen LogP contribution in [0.4, 0.5) is 5.69 Å². The van der Waals surface area contributed by atoms with Gasteiger partial charge in [0.2, 0.25) is 5.91 Å². The third-order valence-electron chi connectivity index (χ3n) is 4.68. The van der Waals surface area contributed by atoms with Crippen LogP contribution in [-0.2, 0) is 4.79 Å². The zero-order chi connectivity index (χ0) is 17.1. The third kappa shape index (κ3) is 3.64. The number of nitrogens with zero attached hydrogens (tertiary/aromatic N) is 1. The van der Waals surface area contributed by atoms with E-state index in [4.69, 9.17) is 4.98 Å². The number of benzene rings is 2. The fourth-order valence-corrected chi connectivity index (χ4v) is 4.14. The Kier molecular flexibility index (Phi) is 4.61. The Morgan fingerprint density at radius 1 is 1.00 bits per heavy atom. The summed E-state index contributed by atoms with van der Waals surface area (Å²) in [4.78, 5) is 17.1. The Balaban J connectivity index is 1.53. The predicted molar refractivity (Wildman–Crippen MR) is 104 cm³/mol. The van der Waals surface area contributed by atoms with Crippen LogP contribution in [0.5, 0.6) is 0 Å². The van der Waals surface area contributed by atoms with Crippen molar-refractivity contribution in [3.05, 3.63) is 60.0 Å². The van der Waals surface area contributed by atoms with E-state index in [2.05, 4.69) is 22.8 Å². The summed E-state index contributed by atoms with van der Waals surface area (Å²) in [6.07, 6.45) is 4.36. The fraction of sp³-hybridized carbons (Fsp3) is 0.238. The number of amides is 1. The maximum atomic E-state index is 12.3. The van der Waals surface area contributed by atoms with Crippen molar-refractivity contribution in [3.8, 4) is 21.8 Å². The molecule has 0 radical (unpaired) electrons. The van der Waals surface area contributed by atoms with Gasteiger partial charge in [-0.15, -0.1) is 11.3 Å². The van der Waals surface area contributed by atoms with Gasteiger partial charge in [-0.2, -0.15) is 0 Å². The summed E-state index contributed by atoms with van der Waals surface area (Å²) < 4.78 is 0. The van der Waals surface area contributed by atoms with Crippen LogP contribution in [0, 0.1) is 5.92 Å². The Hall–Kier alpha value is -2.46. The quantitative estimate of drug-likeness (QED) is 0.666. The summed E-state index contributed by atoms with van der Waals surface area (Å²) in [7, 11) is 0. The van der Waals surface area contributed by atoms with Crippen LogP contribution >= 0.6 is 11.3 Å². The Morgan fingerprint density at radius 3 is 2.56 bits per heavy atom. The molecule has 126 valence electrons. The molecule has 25 heavy (non-hydrogen) atoms. The van der Waals surface area contributed by atoms with E-state index in [9.17, 15) is 4.79 Å². The van der Waals surface area contributed by atoms with E-state index in [1.165, 1.54) is 12.8 Å². The number of nitrogens with one attached hydrogen (secondary N) is 1. The molecule has 1 aliphatic carbocycles. The Bertz CT molecular complexity index is 866. The molecule has 0 atom stereocenters. The number of carbonyl (C=O) groups is 1. The van der Waals surface area contributed by atoms with Crippen molar-refractivity contribution in [3.63, 3.8) is 0 Å². The van der Waals surface area contributed by atoms with Crippen LogP contribution in [0.3, 0.4) is 0 Å². The lowest BCUT2D eigenvalue weighted by Gasteiger charge is -2.11. The molecule has 3 nitrogen and oxygen atoms in total. The van der Waals surface area contributed by atoms with Gasteiger partial charge >= 0.3 is 0 Å². The van der Waals surface area contributed by atoms with Crippen LogP contribution < -0.4 is 5.32 Å². The summed E-state index contributed by atoms with van der Waals surface area (Å²) >= 11 is 1.64. The smallest absolute Gasteiger partial charge is 0.227 e. The van der Waals surface area contributed by atoms with Crippen LogP contribution in [0.2, 0.25) is 0 Å². The maximum Gasteiger partial charge on any atom is 0.227 e. The number of aromatic nitrogens is 1. The number of rotatable bonds is 4. The van der Waals surface area contributed by atoms with E-state index in [0.717, 1.165) is 40.4 Å². The number of anilines is 1. The lowest BCUT2D eigenvalue weighted by atomic mass is 10.1. The largest absolute Gasteiger partial charge is 0.326 e. The summed E-state index contributed by atoms with van der Waals surface area (Å²) in [6.45, 7) is 0. The van der Waals surface area contributed by atoms with Crippen molar-refractivity contribution < 1.29 is 4.79 Å². The molecule has 1 fully saturated rings. The molecule has 0 saturated heterocycles. The van der Waals surface area contributed by atoms with Crippen LogP contribution in [0.25, 0.3) is 21.8 Å². The second-order valence-electron chi connectivity index (χ2n) is 6.46. The van der Waals surface area contributed by atoms with Gasteiger partial charge in [-0.1, -0.05) is 55.3 Å². The summed E-state index contributed by atoms with van der Waals surface area (Å²) in [5, 5.41) is 6.15. The highest BCUT2D eigenvalue weighted by Gasteiger charge is 2.22. The fourth-order valence-electron chi connectivity index (χ4n) is 3.31. The first kappa shape index (κ1) is 16.0. The normalized spacial score (nSPS) is 14.6. The average molecular weight is 348 g/mol. The minimum absolute atomic E-state index is 0.151. The second-order valence-corrected chi connectivity index (χ2v) is 7.31. The minimum atomic E-state index is 0.151. The molecule has 1 aliphatic rings. The Labute approximate surface area is 151 Å². The van der Waals surface area contributed by atoms with Crippen LogP contribution in [0.1, 0.15) is 25.7 Å². The van der Waals surface area contributed by atoms with E-state index in [0.29, 0.717) is 0 Å². The van der Waals surface area contributed by atoms with Gasteiger partial charge in [-0.05, 0) is 25.0 Å². The molecule has 2 aromatic carbocycles. The molecule has 1 N–H and O–H groups in total. The molecule has 0 bridgehead atoms. The lowest BCUT2D eigenvalue weighted by molar-refractivity contribution is -0.119. The molecule has 0 spiro atoms. The van der Waals surface area contributed by atoms with Crippen molar-refractivity contribution in [2.75, 3.05) is 5.32 Å². The van der Waals surface area contributed by atoms with E-state index < -0.39 is 0 Å². The zero-order valence-electron chi connectivity index (χ0n) is 13.9. The standard InChI is InChI=1S/C21H20N2OS/c24-20(15-7-4-5-8-15)22-18-12-6-11-17(13-18)19-14-25-21(23-19)16-9-2-1-3-10-16/h1-3,6,9-15H,4-5,7-8H2,(H,22,24). The highest BCUT2D eigenvalue weighted by Crippen LogP contribution is 2.30. The number of hydrogen-bond donors (Lipinski definition) is 1. The first-order valence-electron chi connectivity index (χ1n) is 8.72. The average Bonchev–Trinajstić information content (AvgIpc) is 3.35. The highest BCUT2D eigenvalue weighted by atomic mass is 32.1. The van der Waals surface area contributed by atoms with Gasteiger partial charge in [0.15, 0.2) is 0 Å². The van der Waals surface area contributed by atoms with Gasteiger partial charge in [0.05, 0.1) is 5.69 Å². The van der Waals surface area contributed by atoms with Gasteiger partial charge in [0.1, 0.15) is 5.01 Å². The summed E-state index contributed by atoms with van der Waals surface area (Å²) in [6, 6.07) is 18.2. The van der Waals surface area contributed by atoms with Gasteiger partial charge in [-0.3, -0.25) is 4.79 Å². The van der Waals surface area contributed by atoms with Gasteiger partial charge in [0.25, 0.3) is 0 Å². The van der Waals surface area contributed by atoms with Crippen molar-refractivity contribution in [1.29, 1.82) is 0 Å². The molecule has 0 aliphatic heterocycles. The van der Waals surface area contributed by atoms with Gasteiger partial charge in [-0.25, -0.2) is 4.98 Å². The monoisotopic (exact) mass is 348 g/mol. The molecule has 3 aromatic rings. The van der Waals surface area contributed by atoms with E-state index in [1.54, 1.807) is 11.3 Å². The number of thiazole rings is 1. The Morgan fingerprint density at radius 2 is 1.76 bits per heavy atom. The van der Waals surface area contributed by atoms with E-state index in [1.807, 2.05) is 42.5 Å². The molecule has 4 heteroatoms. The molecule has 4 rings (SSSR count). The molecule has 1 amide bonds. The first-order chi connectivity index (χ1) is 12.3. The molecule has 1 saturated carbocycles. The molecule has 1 heterocycles. The summed E-state index contributed by atoms with van der Waals surface area (Å²) in [5.74, 6) is 0.325. The molecular weight excluding hydrogens is 328 g/mol. The first-order valence-corrected chi connectivity index (χ1v) is 9.60. The van der Waals surface area contributed by atoms with Gasteiger partial charge < -0.3 is 5.32 Å². The number of hydrogen-bond acceptors (Lipinski definition) is 3. The lowest BCUT2D eigenvalue weighted by Crippen LogP contribution is -2.20. The van der Waals surface area contributed by atoms with Crippen molar-refractivity contribution >= 4 is 22.9 Å². The maximum absolute atomic E-state index is 12.3. The molecule has 0 unspecified atom stereocenters.